The lowest BCUT2D eigenvalue weighted by atomic mass is 10.2. The predicted molar refractivity (Wildman–Crippen MR) is 101 cm³/mol. The fourth-order valence-electron chi connectivity index (χ4n) is 2.89. The average Bonchev–Trinajstić information content (AvgIpc) is 2.68. The van der Waals surface area contributed by atoms with Gasteiger partial charge in [-0.1, -0.05) is 0 Å². The molecule has 0 aromatic carbocycles. The molecule has 0 spiro atoms. The van der Waals surface area contributed by atoms with Crippen LogP contribution in [0.3, 0.4) is 0 Å². The van der Waals surface area contributed by atoms with Crippen molar-refractivity contribution < 1.29 is 4.79 Å². The summed E-state index contributed by atoms with van der Waals surface area (Å²) in [4.78, 5) is 29.0. The Hall–Kier alpha value is -2.74. The second-order valence-corrected chi connectivity index (χ2v) is 6.28. The van der Waals surface area contributed by atoms with Gasteiger partial charge in [-0.2, -0.15) is 0 Å². The van der Waals surface area contributed by atoms with Crippen molar-refractivity contribution in [3.05, 3.63) is 42.5 Å². The largest absolute Gasteiger partial charge is 0.383 e. The van der Waals surface area contributed by atoms with Crippen LogP contribution in [0.25, 0.3) is 0 Å². The van der Waals surface area contributed by atoms with Crippen LogP contribution >= 0.6 is 0 Å². The normalized spacial score (nSPS) is 14.9. The Labute approximate surface area is 153 Å². The zero-order valence-corrected chi connectivity index (χ0v) is 15.1. The first-order valence-electron chi connectivity index (χ1n) is 8.88. The maximum absolute atomic E-state index is 12.1. The highest BCUT2D eigenvalue weighted by Crippen LogP contribution is 2.11. The molecule has 2 aromatic rings. The number of hydrogen-bond donors (Lipinski definition) is 2. The molecule has 0 saturated carbocycles. The zero-order valence-electron chi connectivity index (χ0n) is 15.1. The summed E-state index contributed by atoms with van der Waals surface area (Å²) in [6, 6.07) is 3.75. The summed E-state index contributed by atoms with van der Waals surface area (Å²) >= 11 is 0. The van der Waals surface area contributed by atoms with Crippen LogP contribution in [0.1, 0.15) is 5.56 Å². The van der Waals surface area contributed by atoms with Crippen molar-refractivity contribution >= 4 is 17.5 Å². The van der Waals surface area contributed by atoms with E-state index in [1.165, 1.54) is 0 Å². The molecule has 1 aliphatic heterocycles. The van der Waals surface area contributed by atoms with Crippen LogP contribution in [0.2, 0.25) is 0 Å². The number of anilines is 2. The van der Waals surface area contributed by atoms with Gasteiger partial charge in [0.2, 0.25) is 11.9 Å². The van der Waals surface area contributed by atoms with Gasteiger partial charge in [0.25, 0.3) is 0 Å². The zero-order chi connectivity index (χ0) is 18.2. The smallest absolute Gasteiger partial charge is 0.234 e. The number of nitrogens with one attached hydrogen (secondary N) is 2. The molecule has 2 N–H and O–H groups in total. The van der Waals surface area contributed by atoms with Crippen molar-refractivity contribution in [2.24, 2.45) is 0 Å². The second-order valence-electron chi connectivity index (χ2n) is 6.28. The maximum atomic E-state index is 12.1. The minimum Gasteiger partial charge on any atom is -0.383 e. The van der Waals surface area contributed by atoms with Crippen molar-refractivity contribution in [3.8, 4) is 0 Å². The SMILES string of the molecule is Cc1cnccc1NCCNC(=O)CN1CCN(c2ncccn2)CC1. The van der Waals surface area contributed by atoms with E-state index in [-0.39, 0.29) is 5.91 Å². The first kappa shape index (κ1) is 18.1. The highest BCUT2D eigenvalue weighted by atomic mass is 16.2. The van der Waals surface area contributed by atoms with Crippen molar-refractivity contribution in [2.45, 2.75) is 6.92 Å². The second kappa shape index (κ2) is 9.10. The van der Waals surface area contributed by atoms with Crippen LogP contribution in [0, 0.1) is 6.92 Å². The number of nitrogens with zero attached hydrogens (tertiary/aromatic N) is 5. The lowest BCUT2D eigenvalue weighted by Crippen LogP contribution is -2.50. The third-order valence-electron chi connectivity index (χ3n) is 4.36. The molecule has 0 atom stereocenters. The highest BCUT2D eigenvalue weighted by Gasteiger charge is 2.20. The summed E-state index contributed by atoms with van der Waals surface area (Å²) in [5, 5.41) is 6.27. The number of aromatic nitrogens is 3. The quantitative estimate of drug-likeness (QED) is 0.701. The Morgan fingerprint density at radius 3 is 2.62 bits per heavy atom. The monoisotopic (exact) mass is 355 g/mol. The van der Waals surface area contributed by atoms with Gasteiger partial charge in [0, 0.05) is 69.7 Å². The van der Waals surface area contributed by atoms with Gasteiger partial charge in [-0.3, -0.25) is 14.7 Å². The van der Waals surface area contributed by atoms with Crippen LogP contribution in [0.15, 0.2) is 36.9 Å². The average molecular weight is 355 g/mol. The van der Waals surface area contributed by atoms with Crippen molar-refractivity contribution in [1.82, 2.24) is 25.2 Å². The van der Waals surface area contributed by atoms with E-state index in [0.29, 0.717) is 19.6 Å². The van der Waals surface area contributed by atoms with E-state index in [9.17, 15) is 4.79 Å². The number of piperazine rings is 1. The molecular weight excluding hydrogens is 330 g/mol. The summed E-state index contributed by atoms with van der Waals surface area (Å²) < 4.78 is 0. The molecule has 1 saturated heterocycles. The third kappa shape index (κ3) is 5.13. The molecule has 0 radical (unpaired) electrons. The van der Waals surface area contributed by atoms with E-state index in [0.717, 1.165) is 43.4 Å². The highest BCUT2D eigenvalue weighted by molar-refractivity contribution is 5.78. The number of hydrogen-bond acceptors (Lipinski definition) is 7. The fraction of sp³-hybridized carbons (Fsp3) is 0.444. The van der Waals surface area contributed by atoms with Crippen molar-refractivity contribution in [1.29, 1.82) is 0 Å². The molecular formula is C18H25N7O. The first-order chi connectivity index (χ1) is 12.7. The molecule has 3 heterocycles. The summed E-state index contributed by atoms with van der Waals surface area (Å²) in [5.41, 5.74) is 2.15. The molecule has 1 aliphatic rings. The molecule has 0 unspecified atom stereocenters. The molecule has 8 nitrogen and oxygen atoms in total. The molecule has 3 rings (SSSR count). The van der Waals surface area contributed by atoms with Gasteiger partial charge in [0.1, 0.15) is 0 Å². The number of aryl methyl sites for hydroxylation is 1. The van der Waals surface area contributed by atoms with Crippen LogP contribution in [-0.4, -0.2) is 71.6 Å². The minimum absolute atomic E-state index is 0.0580. The van der Waals surface area contributed by atoms with Crippen LogP contribution in [0.5, 0.6) is 0 Å². The molecule has 0 bridgehead atoms. The number of amides is 1. The number of rotatable bonds is 7. The van der Waals surface area contributed by atoms with Crippen LogP contribution in [-0.2, 0) is 4.79 Å². The van der Waals surface area contributed by atoms with Crippen LogP contribution in [0.4, 0.5) is 11.6 Å². The molecule has 2 aromatic heterocycles. The number of carbonyl (C=O) groups excluding carboxylic acids is 1. The number of carbonyl (C=O) groups is 1. The molecule has 1 amide bonds. The molecule has 138 valence electrons. The summed E-state index contributed by atoms with van der Waals surface area (Å²) in [7, 11) is 0. The standard InChI is InChI=1S/C18H25N7O/c1-15-13-19-6-3-16(15)20-7-8-21-17(26)14-24-9-11-25(12-10-24)18-22-4-2-5-23-18/h2-6,13H,7-12,14H2,1H3,(H,19,20)(H,21,26). The van der Waals surface area contributed by atoms with Crippen molar-refractivity contribution in [3.63, 3.8) is 0 Å². The lowest BCUT2D eigenvalue weighted by Gasteiger charge is -2.34. The van der Waals surface area contributed by atoms with Gasteiger partial charge >= 0.3 is 0 Å². The Kier molecular flexibility index (Phi) is 6.32. The van der Waals surface area contributed by atoms with Gasteiger partial charge < -0.3 is 15.5 Å². The van der Waals surface area contributed by atoms with Gasteiger partial charge in [-0.15, -0.1) is 0 Å². The summed E-state index contributed by atoms with van der Waals surface area (Å²) in [6.45, 7) is 7.06. The van der Waals surface area contributed by atoms with E-state index >= 15 is 0 Å². The minimum atomic E-state index is 0.0580. The van der Waals surface area contributed by atoms with E-state index in [2.05, 4.69) is 35.4 Å². The van der Waals surface area contributed by atoms with E-state index < -0.39 is 0 Å². The predicted octanol–water partition coefficient (Wildman–Crippen LogP) is 0.530. The topological polar surface area (TPSA) is 86.3 Å². The maximum Gasteiger partial charge on any atom is 0.234 e. The van der Waals surface area contributed by atoms with Gasteiger partial charge in [0.05, 0.1) is 6.54 Å². The van der Waals surface area contributed by atoms with E-state index in [1.807, 2.05) is 25.3 Å². The van der Waals surface area contributed by atoms with E-state index in [1.54, 1.807) is 18.6 Å². The van der Waals surface area contributed by atoms with Crippen LogP contribution < -0.4 is 15.5 Å². The Morgan fingerprint density at radius 1 is 1.12 bits per heavy atom. The van der Waals surface area contributed by atoms with Crippen molar-refractivity contribution in [2.75, 3.05) is 56.0 Å². The third-order valence-corrected chi connectivity index (χ3v) is 4.36. The van der Waals surface area contributed by atoms with Gasteiger partial charge in [0.15, 0.2) is 0 Å². The molecule has 1 fully saturated rings. The number of pyridine rings is 1. The molecule has 0 aliphatic carbocycles. The fourth-order valence-corrected chi connectivity index (χ4v) is 2.89. The Bertz CT molecular complexity index is 702. The Balaban J connectivity index is 1.32. The molecule has 8 heteroatoms. The van der Waals surface area contributed by atoms with E-state index in [4.69, 9.17) is 0 Å². The van der Waals surface area contributed by atoms with Gasteiger partial charge in [-0.05, 0) is 24.6 Å². The summed E-state index contributed by atoms with van der Waals surface area (Å²) in [5.74, 6) is 0.816. The first-order valence-corrected chi connectivity index (χ1v) is 8.88. The van der Waals surface area contributed by atoms with Gasteiger partial charge in [-0.25, -0.2) is 9.97 Å². The lowest BCUT2D eigenvalue weighted by molar-refractivity contribution is -0.122. The Morgan fingerprint density at radius 2 is 1.88 bits per heavy atom. The molecule has 26 heavy (non-hydrogen) atoms. The summed E-state index contributed by atoms with van der Waals surface area (Å²) in [6.07, 6.45) is 7.09.